The van der Waals surface area contributed by atoms with Crippen LogP contribution in [0.2, 0.25) is 5.02 Å². The third kappa shape index (κ3) is 5.27. The van der Waals surface area contributed by atoms with Gasteiger partial charge in [-0.25, -0.2) is 0 Å². The Balaban J connectivity index is 2.03. The van der Waals surface area contributed by atoms with Gasteiger partial charge in [-0.15, -0.1) is 0 Å². The van der Waals surface area contributed by atoms with Crippen LogP contribution in [0.5, 0.6) is 0 Å². The van der Waals surface area contributed by atoms with Crippen LogP contribution in [0, 0.1) is 0 Å². The van der Waals surface area contributed by atoms with E-state index in [-0.39, 0.29) is 11.8 Å². The second kappa shape index (κ2) is 8.15. The van der Waals surface area contributed by atoms with Crippen molar-refractivity contribution in [3.8, 4) is 0 Å². The number of carbonyl (C=O) groups is 2. The second-order valence-electron chi connectivity index (χ2n) is 4.82. The van der Waals surface area contributed by atoms with Crippen molar-refractivity contribution in [3.05, 3.63) is 70.8 Å². The van der Waals surface area contributed by atoms with Crippen molar-refractivity contribution >= 4 is 35.2 Å². The Morgan fingerprint density at radius 3 is 2.65 bits per heavy atom. The summed E-state index contributed by atoms with van der Waals surface area (Å²) in [5, 5.41) is 6.05. The normalized spacial score (nSPS) is 10.5. The Morgan fingerprint density at radius 2 is 1.91 bits per heavy atom. The second-order valence-corrected chi connectivity index (χ2v) is 5.25. The molecule has 118 valence electrons. The van der Waals surface area contributed by atoms with Gasteiger partial charge in [0.25, 0.3) is 5.91 Å². The van der Waals surface area contributed by atoms with Crippen molar-refractivity contribution in [3.63, 3.8) is 0 Å². The Kier molecular flexibility index (Phi) is 5.94. The summed E-state index contributed by atoms with van der Waals surface area (Å²) in [6.07, 6.45) is 3.10. The fraction of sp³-hybridized carbons (Fsp3) is 0.111. The first kappa shape index (κ1) is 16.8. The first-order valence-electron chi connectivity index (χ1n) is 7.21. The van der Waals surface area contributed by atoms with Crippen LogP contribution < -0.4 is 10.6 Å². The molecule has 0 spiro atoms. The van der Waals surface area contributed by atoms with Crippen molar-refractivity contribution in [2.75, 3.05) is 11.9 Å². The van der Waals surface area contributed by atoms with Gasteiger partial charge in [-0.1, -0.05) is 29.8 Å². The smallest absolute Gasteiger partial charge is 0.251 e. The first-order valence-corrected chi connectivity index (χ1v) is 7.59. The number of halogens is 1. The average molecular weight is 329 g/mol. The maximum absolute atomic E-state index is 11.9. The van der Waals surface area contributed by atoms with E-state index in [9.17, 15) is 9.59 Å². The minimum atomic E-state index is -0.280. The van der Waals surface area contributed by atoms with Crippen molar-refractivity contribution in [1.29, 1.82) is 0 Å². The predicted octanol–water partition coefficient (Wildman–Crippen LogP) is 3.74. The summed E-state index contributed by atoms with van der Waals surface area (Å²) in [5.41, 5.74) is 1.90. The van der Waals surface area contributed by atoms with Crippen molar-refractivity contribution in [2.24, 2.45) is 0 Å². The summed E-state index contributed by atoms with van der Waals surface area (Å²) in [7, 11) is 0. The van der Waals surface area contributed by atoms with Crippen molar-refractivity contribution in [1.82, 2.24) is 5.32 Å². The van der Waals surface area contributed by atoms with Gasteiger partial charge in [0.1, 0.15) is 0 Å². The van der Waals surface area contributed by atoms with Gasteiger partial charge >= 0.3 is 0 Å². The maximum Gasteiger partial charge on any atom is 0.251 e. The van der Waals surface area contributed by atoms with E-state index in [1.165, 1.54) is 6.08 Å². The summed E-state index contributed by atoms with van der Waals surface area (Å²) in [6, 6.07) is 14.0. The highest BCUT2D eigenvalue weighted by atomic mass is 35.5. The van der Waals surface area contributed by atoms with Crippen LogP contribution in [0.1, 0.15) is 22.8 Å². The molecule has 0 fully saturated rings. The Labute approximate surface area is 140 Å². The lowest BCUT2D eigenvalue weighted by Crippen LogP contribution is -2.22. The number of benzene rings is 2. The molecule has 0 atom stereocenters. The highest BCUT2D eigenvalue weighted by molar-refractivity contribution is 6.30. The highest BCUT2D eigenvalue weighted by Gasteiger charge is 2.05. The lowest BCUT2D eigenvalue weighted by atomic mass is 10.2. The van der Waals surface area contributed by atoms with Crippen molar-refractivity contribution < 1.29 is 9.59 Å². The van der Waals surface area contributed by atoms with Gasteiger partial charge in [-0.05, 0) is 48.9 Å². The molecule has 0 aromatic heterocycles. The fourth-order valence-corrected chi connectivity index (χ4v) is 2.17. The Hall–Kier alpha value is -2.59. The quantitative estimate of drug-likeness (QED) is 0.821. The van der Waals surface area contributed by atoms with E-state index in [1.54, 1.807) is 42.5 Å². The Bertz CT molecular complexity index is 741. The van der Waals surface area contributed by atoms with Gasteiger partial charge in [0.2, 0.25) is 5.91 Å². The average Bonchev–Trinajstić information content (AvgIpc) is 2.53. The zero-order valence-corrected chi connectivity index (χ0v) is 13.4. The van der Waals surface area contributed by atoms with Crippen LogP contribution >= 0.6 is 11.6 Å². The van der Waals surface area contributed by atoms with Gasteiger partial charge < -0.3 is 10.6 Å². The van der Waals surface area contributed by atoms with Crippen LogP contribution in [0.4, 0.5) is 5.69 Å². The van der Waals surface area contributed by atoms with E-state index < -0.39 is 0 Å². The molecule has 4 nitrogen and oxygen atoms in total. The van der Waals surface area contributed by atoms with Crippen LogP contribution in [-0.4, -0.2) is 18.4 Å². The molecule has 2 amide bonds. The van der Waals surface area contributed by atoms with Gasteiger partial charge in [0.05, 0.1) is 0 Å². The monoisotopic (exact) mass is 328 g/mol. The topological polar surface area (TPSA) is 58.2 Å². The lowest BCUT2D eigenvalue weighted by Gasteiger charge is -2.06. The summed E-state index contributed by atoms with van der Waals surface area (Å²) >= 11 is 5.89. The summed E-state index contributed by atoms with van der Waals surface area (Å²) in [5.74, 6) is -0.448. The predicted molar refractivity (Wildman–Crippen MR) is 93.6 cm³/mol. The molecule has 0 bridgehead atoms. The van der Waals surface area contributed by atoms with Gasteiger partial charge in [0.15, 0.2) is 0 Å². The highest BCUT2D eigenvalue weighted by Crippen LogP contribution is 2.13. The number of hydrogen-bond donors (Lipinski definition) is 2. The van der Waals surface area contributed by atoms with E-state index in [1.807, 2.05) is 19.1 Å². The summed E-state index contributed by atoms with van der Waals surface area (Å²) < 4.78 is 0. The van der Waals surface area contributed by atoms with Crippen LogP contribution in [-0.2, 0) is 4.79 Å². The molecule has 0 aliphatic rings. The molecule has 0 heterocycles. The molecule has 0 unspecified atom stereocenters. The summed E-state index contributed by atoms with van der Waals surface area (Å²) in [4.78, 5) is 23.7. The molecule has 2 aromatic rings. The molecular weight excluding hydrogens is 312 g/mol. The first-order chi connectivity index (χ1) is 11.1. The lowest BCUT2D eigenvalue weighted by molar-refractivity contribution is -0.111. The van der Waals surface area contributed by atoms with E-state index >= 15 is 0 Å². The summed E-state index contributed by atoms with van der Waals surface area (Å²) in [6.45, 7) is 2.40. The van der Waals surface area contributed by atoms with Gasteiger partial charge in [0, 0.05) is 28.9 Å². The largest absolute Gasteiger partial charge is 0.352 e. The SMILES string of the molecule is CCNC(=O)c1cccc(NC(=O)/C=C/c2cccc(Cl)c2)c1. The van der Waals surface area contributed by atoms with E-state index in [0.717, 1.165) is 5.56 Å². The van der Waals surface area contributed by atoms with Gasteiger partial charge in [-0.2, -0.15) is 0 Å². The van der Waals surface area contributed by atoms with E-state index in [2.05, 4.69) is 10.6 Å². The molecule has 0 saturated carbocycles. The maximum atomic E-state index is 11.9. The zero-order valence-electron chi connectivity index (χ0n) is 12.7. The molecule has 0 aliphatic heterocycles. The molecule has 5 heteroatoms. The number of rotatable bonds is 5. The minimum absolute atomic E-state index is 0.168. The van der Waals surface area contributed by atoms with Crippen LogP contribution in [0.15, 0.2) is 54.6 Å². The third-order valence-electron chi connectivity index (χ3n) is 3.01. The molecule has 2 aromatic carbocycles. The van der Waals surface area contributed by atoms with E-state index in [0.29, 0.717) is 22.8 Å². The standard InChI is InChI=1S/C18H17ClN2O2/c1-2-20-18(23)14-6-4-8-16(12-14)21-17(22)10-9-13-5-3-7-15(19)11-13/h3-12H,2H2,1H3,(H,20,23)(H,21,22)/b10-9+. The number of hydrogen-bond acceptors (Lipinski definition) is 2. The number of nitrogens with one attached hydrogen (secondary N) is 2. The third-order valence-corrected chi connectivity index (χ3v) is 3.24. The van der Waals surface area contributed by atoms with Gasteiger partial charge in [-0.3, -0.25) is 9.59 Å². The fourth-order valence-electron chi connectivity index (χ4n) is 1.97. The van der Waals surface area contributed by atoms with Crippen molar-refractivity contribution in [2.45, 2.75) is 6.92 Å². The Morgan fingerprint density at radius 1 is 1.13 bits per heavy atom. The van der Waals surface area contributed by atoms with Crippen LogP contribution in [0.3, 0.4) is 0 Å². The van der Waals surface area contributed by atoms with Crippen LogP contribution in [0.25, 0.3) is 6.08 Å². The molecule has 2 N–H and O–H groups in total. The number of amides is 2. The zero-order chi connectivity index (χ0) is 16.7. The molecule has 2 rings (SSSR count). The number of anilines is 1. The molecule has 0 aliphatic carbocycles. The minimum Gasteiger partial charge on any atom is -0.352 e. The van der Waals surface area contributed by atoms with E-state index in [4.69, 9.17) is 11.6 Å². The number of carbonyl (C=O) groups excluding carboxylic acids is 2. The molecule has 23 heavy (non-hydrogen) atoms. The molecular formula is C18H17ClN2O2. The molecule has 0 saturated heterocycles. The molecule has 0 radical (unpaired) electrons.